The van der Waals surface area contributed by atoms with Crippen LogP contribution >= 0.6 is 0 Å². The zero-order valence-electron chi connectivity index (χ0n) is 14.4. The molecule has 1 aliphatic rings. The van der Waals surface area contributed by atoms with Gasteiger partial charge in [-0.25, -0.2) is 9.59 Å². The van der Waals surface area contributed by atoms with Crippen molar-refractivity contribution in [1.82, 2.24) is 14.5 Å². The molecular weight excluding hydrogens is 330 g/mol. The first-order chi connectivity index (χ1) is 12.6. The number of piperidine rings is 1. The summed E-state index contributed by atoms with van der Waals surface area (Å²) in [7, 11) is 0. The average Bonchev–Trinajstić information content (AvgIpc) is 2.99. The Balaban J connectivity index is 1.55. The predicted octanol–water partition coefficient (Wildman–Crippen LogP) is 2.86. The number of benzene rings is 2. The first-order valence-electron chi connectivity index (χ1n) is 8.86. The van der Waals surface area contributed by atoms with Crippen molar-refractivity contribution in [3.05, 3.63) is 70.1 Å². The number of fused-ring (bicyclic) bond motifs is 1. The van der Waals surface area contributed by atoms with Crippen molar-refractivity contribution >= 4 is 17.0 Å². The number of carbonyl (C=O) groups is 1. The van der Waals surface area contributed by atoms with Gasteiger partial charge >= 0.3 is 11.7 Å². The Morgan fingerprint density at radius 2 is 1.81 bits per heavy atom. The molecule has 0 unspecified atom stereocenters. The van der Waals surface area contributed by atoms with Crippen molar-refractivity contribution in [1.29, 1.82) is 0 Å². The summed E-state index contributed by atoms with van der Waals surface area (Å²) in [6.07, 6.45) is 1.74. The quantitative estimate of drug-likeness (QED) is 0.758. The molecule has 0 radical (unpaired) electrons. The van der Waals surface area contributed by atoms with Crippen LogP contribution in [0.25, 0.3) is 11.0 Å². The van der Waals surface area contributed by atoms with E-state index in [9.17, 15) is 14.7 Å². The molecule has 6 heteroatoms. The number of nitrogens with zero attached hydrogens (tertiary/aromatic N) is 2. The zero-order valence-corrected chi connectivity index (χ0v) is 14.4. The summed E-state index contributed by atoms with van der Waals surface area (Å²) in [6, 6.07) is 15.5. The maximum Gasteiger partial charge on any atom is 0.337 e. The number of rotatable bonds is 4. The van der Waals surface area contributed by atoms with E-state index in [-0.39, 0.29) is 17.3 Å². The number of carboxylic acids is 1. The molecule has 2 N–H and O–H groups in total. The van der Waals surface area contributed by atoms with E-state index in [2.05, 4.69) is 22.0 Å². The summed E-state index contributed by atoms with van der Waals surface area (Å²) < 4.78 is 1.74. The first-order valence-corrected chi connectivity index (χ1v) is 8.86. The molecule has 3 aromatic rings. The van der Waals surface area contributed by atoms with Crippen molar-refractivity contribution in [2.75, 3.05) is 13.1 Å². The molecule has 1 saturated heterocycles. The number of hydrogen-bond acceptors (Lipinski definition) is 3. The smallest absolute Gasteiger partial charge is 0.337 e. The third-order valence-corrected chi connectivity index (χ3v) is 5.15. The van der Waals surface area contributed by atoms with Crippen molar-refractivity contribution in [2.24, 2.45) is 0 Å². The number of imidazole rings is 1. The Kier molecular flexibility index (Phi) is 4.34. The van der Waals surface area contributed by atoms with Gasteiger partial charge < -0.3 is 10.1 Å². The monoisotopic (exact) mass is 351 g/mol. The largest absolute Gasteiger partial charge is 0.478 e. The van der Waals surface area contributed by atoms with Crippen LogP contribution in [0.4, 0.5) is 0 Å². The summed E-state index contributed by atoms with van der Waals surface area (Å²) in [6.45, 7) is 2.74. The third kappa shape index (κ3) is 3.04. The number of aromatic amines is 1. The standard InChI is InChI=1S/C20H21N3O3/c24-19(25)16-7-4-8-17-18(16)21-20(26)23(17)15-9-11-22(12-10-15)13-14-5-2-1-3-6-14/h1-8,15H,9-13H2,(H,21,26)(H,24,25). The Bertz CT molecular complexity index is 982. The molecule has 1 aromatic heterocycles. The lowest BCUT2D eigenvalue weighted by atomic mass is 10.0. The molecule has 0 aliphatic carbocycles. The fraction of sp³-hybridized carbons (Fsp3) is 0.300. The van der Waals surface area contributed by atoms with Gasteiger partial charge in [-0.1, -0.05) is 36.4 Å². The van der Waals surface area contributed by atoms with Crippen LogP contribution in [-0.2, 0) is 6.54 Å². The summed E-state index contributed by atoms with van der Waals surface area (Å²) in [5.41, 5.74) is 2.30. The fourth-order valence-corrected chi connectivity index (χ4v) is 3.87. The van der Waals surface area contributed by atoms with Crippen molar-refractivity contribution in [3.8, 4) is 0 Å². The van der Waals surface area contributed by atoms with Crippen LogP contribution in [0.5, 0.6) is 0 Å². The van der Waals surface area contributed by atoms with E-state index in [1.54, 1.807) is 10.6 Å². The number of hydrogen-bond donors (Lipinski definition) is 2. The summed E-state index contributed by atoms with van der Waals surface area (Å²) in [5, 5.41) is 9.33. The number of carboxylic acid groups (broad SMARTS) is 1. The van der Waals surface area contributed by atoms with Crippen molar-refractivity contribution in [3.63, 3.8) is 0 Å². The van der Waals surface area contributed by atoms with Crippen LogP contribution in [0.15, 0.2) is 53.3 Å². The van der Waals surface area contributed by atoms with Gasteiger partial charge in [-0.2, -0.15) is 0 Å². The zero-order chi connectivity index (χ0) is 18.1. The molecule has 2 aromatic carbocycles. The molecule has 0 bridgehead atoms. The minimum atomic E-state index is -1.03. The third-order valence-electron chi connectivity index (χ3n) is 5.15. The number of para-hydroxylation sites is 1. The highest BCUT2D eigenvalue weighted by atomic mass is 16.4. The van der Waals surface area contributed by atoms with Gasteiger partial charge in [0.25, 0.3) is 0 Å². The van der Waals surface area contributed by atoms with E-state index in [0.717, 1.165) is 32.5 Å². The number of aromatic carboxylic acids is 1. The van der Waals surface area contributed by atoms with Gasteiger partial charge in [0.2, 0.25) is 0 Å². The van der Waals surface area contributed by atoms with Crippen LogP contribution in [-0.4, -0.2) is 38.6 Å². The molecule has 6 nitrogen and oxygen atoms in total. The molecule has 2 heterocycles. The molecule has 4 rings (SSSR count). The summed E-state index contributed by atoms with van der Waals surface area (Å²) in [4.78, 5) is 29.0. The van der Waals surface area contributed by atoms with E-state index < -0.39 is 5.97 Å². The number of H-pyrrole nitrogens is 1. The minimum Gasteiger partial charge on any atom is -0.478 e. The highest BCUT2D eigenvalue weighted by Gasteiger charge is 2.24. The molecule has 0 amide bonds. The second-order valence-corrected chi connectivity index (χ2v) is 6.80. The summed E-state index contributed by atoms with van der Waals surface area (Å²) in [5.74, 6) is -1.03. The second kappa shape index (κ2) is 6.80. The maximum absolute atomic E-state index is 12.5. The molecule has 26 heavy (non-hydrogen) atoms. The molecule has 0 saturated carbocycles. The van der Waals surface area contributed by atoms with Gasteiger partial charge in [0.1, 0.15) is 0 Å². The average molecular weight is 351 g/mol. The Labute approximate surface area is 150 Å². The van der Waals surface area contributed by atoms with Gasteiger partial charge in [0.15, 0.2) is 0 Å². The van der Waals surface area contributed by atoms with Crippen LogP contribution in [0, 0.1) is 0 Å². The molecular formula is C20H21N3O3. The highest BCUT2D eigenvalue weighted by molar-refractivity contribution is 6.00. The Morgan fingerprint density at radius 1 is 1.08 bits per heavy atom. The second-order valence-electron chi connectivity index (χ2n) is 6.80. The maximum atomic E-state index is 12.5. The van der Waals surface area contributed by atoms with E-state index in [4.69, 9.17) is 0 Å². The number of aromatic nitrogens is 2. The molecule has 1 fully saturated rings. The minimum absolute atomic E-state index is 0.0901. The molecule has 0 atom stereocenters. The van der Waals surface area contributed by atoms with Crippen LogP contribution in [0.1, 0.15) is 34.8 Å². The van der Waals surface area contributed by atoms with E-state index in [1.165, 1.54) is 11.6 Å². The number of likely N-dealkylation sites (tertiary alicyclic amines) is 1. The van der Waals surface area contributed by atoms with Crippen LogP contribution in [0.2, 0.25) is 0 Å². The summed E-state index contributed by atoms with van der Waals surface area (Å²) >= 11 is 0. The van der Waals surface area contributed by atoms with Gasteiger partial charge in [-0.05, 0) is 30.5 Å². The van der Waals surface area contributed by atoms with E-state index in [1.807, 2.05) is 24.3 Å². The lowest BCUT2D eigenvalue weighted by Crippen LogP contribution is -2.36. The van der Waals surface area contributed by atoms with Gasteiger partial charge in [-0.15, -0.1) is 0 Å². The van der Waals surface area contributed by atoms with Crippen LogP contribution < -0.4 is 5.69 Å². The van der Waals surface area contributed by atoms with Crippen LogP contribution in [0.3, 0.4) is 0 Å². The molecule has 0 spiro atoms. The molecule has 134 valence electrons. The highest BCUT2D eigenvalue weighted by Crippen LogP contribution is 2.26. The normalized spacial score (nSPS) is 16.2. The predicted molar refractivity (Wildman–Crippen MR) is 99.5 cm³/mol. The topological polar surface area (TPSA) is 78.3 Å². The Morgan fingerprint density at radius 3 is 2.50 bits per heavy atom. The lowest BCUT2D eigenvalue weighted by molar-refractivity contribution is 0.0699. The first kappa shape index (κ1) is 16.6. The SMILES string of the molecule is O=C(O)c1cccc2c1[nH]c(=O)n2C1CCN(Cc2ccccc2)CC1. The van der Waals surface area contributed by atoms with Gasteiger partial charge in [0, 0.05) is 25.7 Å². The fourth-order valence-electron chi connectivity index (χ4n) is 3.87. The van der Waals surface area contributed by atoms with E-state index >= 15 is 0 Å². The van der Waals surface area contributed by atoms with Gasteiger partial charge in [0.05, 0.1) is 16.6 Å². The van der Waals surface area contributed by atoms with Gasteiger partial charge in [-0.3, -0.25) is 9.47 Å². The lowest BCUT2D eigenvalue weighted by Gasteiger charge is -2.32. The Hall–Kier alpha value is -2.86. The van der Waals surface area contributed by atoms with E-state index in [0.29, 0.717) is 11.0 Å². The van der Waals surface area contributed by atoms with Crippen molar-refractivity contribution < 1.29 is 9.90 Å². The number of nitrogens with one attached hydrogen (secondary N) is 1. The van der Waals surface area contributed by atoms with Crippen molar-refractivity contribution in [2.45, 2.75) is 25.4 Å². The molecule has 1 aliphatic heterocycles.